The van der Waals surface area contributed by atoms with Gasteiger partial charge < -0.3 is 29.1 Å². The van der Waals surface area contributed by atoms with Crippen LogP contribution in [0.25, 0.3) is 5.76 Å². The van der Waals surface area contributed by atoms with Crippen LogP contribution in [0.1, 0.15) is 23.6 Å². The number of aliphatic hydroxyl groups is 1. The van der Waals surface area contributed by atoms with Crippen molar-refractivity contribution in [2.24, 2.45) is 0 Å². The van der Waals surface area contributed by atoms with Crippen molar-refractivity contribution in [3.63, 3.8) is 0 Å². The Morgan fingerprint density at radius 1 is 1.00 bits per heavy atom. The van der Waals surface area contributed by atoms with Crippen LogP contribution in [0.4, 0.5) is 0 Å². The second-order valence-electron chi connectivity index (χ2n) is 8.00. The van der Waals surface area contributed by atoms with Gasteiger partial charge in [0.15, 0.2) is 11.5 Å². The highest BCUT2D eigenvalue weighted by atomic mass is 16.5. The highest BCUT2D eigenvalue weighted by Gasteiger charge is 2.46. The smallest absolute Gasteiger partial charge is 0.295 e. The average Bonchev–Trinajstić information content (AvgIpc) is 3.07. The summed E-state index contributed by atoms with van der Waals surface area (Å²) in [6, 6.07) is 11.2. The molecule has 0 aliphatic carbocycles. The second kappa shape index (κ2) is 10.4. The van der Waals surface area contributed by atoms with E-state index in [2.05, 4.69) is 0 Å². The van der Waals surface area contributed by atoms with Gasteiger partial charge in [0.05, 0.1) is 32.9 Å². The van der Waals surface area contributed by atoms with Crippen LogP contribution in [0.15, 0.2) is 48.0 Å². The Kier molecular flexibility index (Phi) is 7.60. The van der Waals surface area contributed by atoms with Crippen LogP contribution in [0, 0.1) is 0 Å². The third kappa shape index (κ3) is 4.96. The molecule has 1 N–H and O–H groups in total. The Morgan fingerprint density at radius 2 is 1.73 bits per heavy atom. The molecule has 2 aromatic rings. The molecule has 3 rings (SSSR count). The molecule has 176 valence electrons. The van der Waals surface area contributed by atoms with Crippen molar-refractivity contribution in [2.75, 3.05) is 48.5 Å². The Hall–Kier alpha value is -3.52. The molecule has 1 fully saturated rings. The van der Waals surface area contributed by atoms with Gasteiger partial charge >= 0.3 is 0 Å². The number of benzene rings is 2. The molecule has 0 unspecified atom stereocenters. The monoisotopic (exact) mass is 454 g/mol. The third-order valence-electron chi connectivity index (χ3n) is 5.61. The Balaban J connectivity index is 2.15. The van der Waals surface area contributed by atoms with Crippen molar-refractivity contribution in [3.05, 3.63) is 59.2 Å². The zero-order chi connectivity index (χ0) is 24.1. The summed E-state index contributed by atoms with van der Waals surface area (Å²) in [5.41, 5.74) is 1.07. The number of carbonyl (C=O) groups excluding carboxylic acids is 2. The molecule has 0 spiro atoms. The first-order valence-electron chi connectivity index (χ1n) is 10.6. The number of carbonyl (C=O) groups is 2. The number of aliphatic hydroxyl groups excluding tert-OH is 1. The van der Waals surface area contributed by atoms with E-state index in [1.165, 1.54) is 26.2 Å². The number of ketones is 1. The molecule has 0 aromatic heterocycles. The number of hydrogen-bond acceptors (Lipinski definition) is 7. The molecule has 1 atom stereocenters. The van der Waals surface area contributed by atoms with Crippen molar-refractivity contribution < 1.29 is 28.9 Å². The summed E-state index contributed by atoms with van der Waals surface area (Å²) < 4.78 is 16.0. The molecule has 1 amide bonds. The highest BCUT2D eigenvalue weighted by Crippen LogP contribution is 2.42. The van der Waals surface area contributed by atoms with Gasteiger partial charge in [-0.1, -0.05) is 18.2 Å². The summed E-state index contributed by atoms with van der Waals surface area (Å²) in [5.74, 6) is -0.0871. The van der Waals surface area contributed by atoms with E-state index in [9.17, 15) is 14.7 Å². The highest BCUT2D eigenvalue weighted by molar-refractivity contribution is 6.46. The summed E-state index contributed by atoms with van der Waals surface area (Å²) in [6.45, 7) is 1.11. The average molecular weight is 455 g/mol. The minimum absolute atomic E-state index is 0.0327. The van der Waals surface area contributed by atoms with Crippen molar-refractivity contribution in [2.45, 2.75) is 12.5 Å². The van der Waals surface area contributed by atoms with Gasteiger partial charge in [-0.2, -0.15) is 0 Å². The van der Waals surface area contributed by atoms with E-state index in [1.807, 2.05) is 19.0 Å². The van der Waals surface area contributed by atoms with Gasteiger partial charge in [-0.25, -0.2) is 0 Å². The lowest BCUT2D eigenvalue weighted by Gasteiger charge is -2.26. The summed E-state index contributed by atoms with van der Waals surface area (Å²) in [6.07, 6.45) is 0.670. The van der Waals surface area contributed by atoms with E-state index in [0.717, 1.165) is 6.54 Å². The quantitative estimate of drug-likeness (QED) is 0.354. The van der Waals surface area contributed by atoms with Gasteiger partial charge in [-0.15, -0.1) is 0 Å². The van der Waals surface area contributed by atoms with E-state index < -0.39 is 17.7 Å². The van der Waals surface area contributed by atoms with Crippen LogP contribution in [-0.4, -0.2) is 75.1 Å². The fraction of sp³-hybridized carbons (Fsp3) is 0.360. The topological polar surface area (TPSA) is 88.5 Å². The minimum atomic E-state index is -0.766. The number of rotatable bonds is 9. The van der Waals surface area contributed by atoms with E-state index >= 15 is 0 Å². The van der Waals surface area contributed by atoms with Crippen LogP contribution in [0.3, 0.4) is 0 Å². The lowest BCUT2D eigenvalue weighted by molar-refractivity contribution is -0.139. The molecule has 0 saturated carbocycles. The predicted octanol–water partition coefficient (Wildman–Crippen LogP) is 3.09. The van der Waals surface area contributed by atoms with Crippen molar-refractivity contribution >= 4 is 17.4 Å². The normalized spacial score (nSPS) is 17.5. The van der Waals surface area contributed by atoms with Crippen molar-refractivity contribution in [1.29, 1.82) is 0 Å². The first kappa shape index (κ1) is 24.1. The fourth-order valence-corrected chi connectivity index (χ4v) is 3.96. The first-order valence-corrected chi connectivity index (χ1v) is 10.6. The number of amides is 1. The van der Waals surface area contributed by atoms with Crippen LogP contribution in [-0.2, 0) is 9.59 Å². The zero-order valence-corrected chi connectivity index (χ0v) is 19.6. The lowest BCUT2D eigenvalue weighted by atomic mass is 9.95. The third-order valence-corrected chi connectivity index (χ3v) is 5.61. The number of Topliss-reactive ketones (excluding diaryl/α,β-unsaturated/α-hetero) is 1. The van der Waals surface area contributed by atoms with E-state index in [1.54, 1.807) is 42.5 Å². The van der Waals surface area contributed by atoms with Crippen molar-refractivity contribution in [3.8, 4) is 17.2 Å². The van der Waals surface area contributed by atoms with Gasteiger partial charge in [0.1, 0.15) is 11.5 Å². The Bertz CT molecular complexity index is 1060. The fourth-order valence-electron chi connectivity index (χ4n) is 3.96. The summed E-state index contributed by atoms with van der Waals surface area (Å²) >= 11 is 0. The maximum absolute atomic E-state index is 13.1. The van der Waals surface area contributed by atoms with Gasteiger partial charge in [0.25, 0.3) is 11.7 Å². The van der Waals surface area contributed by atoms with E-state index in [4.69, 9.17) is 14.2 Å². The molecule has 0 bridgehead atoms. The summed E-state index contributed by atoms with van der Waals surface area (Å²) in [4.78, 5) is 29.7. The zero-order valence-electron chi connectivity index (χ0n) is 19.6. The molecule has 1 aliphatic rings. The van der Waals surface area contributed by atoms with Crippen LogP contribution in [0.2, 0.25) is 0 Å². The van der Waals surface area contributed by atoms with Gasteiger partial charge in [-0.3, -0.25) is 9.59 Å². The molecule has 1 heterocycles. The lowest BCUT2D eigenvalue weighted by Crippen LogP contribution is -2.32. The maximum Gasteiger partial charge on any atom is 0.295 e. The molecule has 2 aromatic carbocycles. The predicted molar refractivity (Wildman–Crippen MR) is 125 cm³/mol. The Labute approximate surface area is 194 Å². The second-order valence-corrected chi connectivity index (χ2v) is 8.00. The summed E-state index contributed by atoms with van der Waals surface area (Å²) in [5, 5.41) is 11.2. The van der Waals surface area contributed by atoms with Crippen LogP contribution >= 0.6 is 0 Å². The molecular formula is C25H30N2O6. The van der Waals surface area contributed by atoms with Gasteiger partial charge in [0, 0.05) is 12.1 Å². The minimum Gasteiger partial charge on any atom is -0.507 e. The number of nitrogens with zero attached hydrogens (tertiary/aromatic N) is 2. The summed E-state index contributed by atoms with van der Waals surface area (Å²) in [7, 11) is 8.47. The van der Waals surface area contributed by atoms with Gasteiger partial charge in [-0.05, 0) is 56.9 Å². The van der Waals surface area contributed by atoms with Crippen LogP contribution in [0.5, 0.6) is 17.2 Å². The molecule has 8 nitrogen and oxygen atoms in total. The first-order chi connectivity index (χ1) is 15.8. The number of likely N-dealkylation sites (tertiary alicyclic amines) is 1. The molecule has 0 radical (unpaired) electrons. The molecule has 1 saturated heterocycles. The standard InChI is InChI=1S/C25H30N2O6/c1-26(2)12-7-13-27-22(16-10-11-19(32-4)20(15-16)33-5)21(24(29)25(27)30)23(28)17-8-6-9-18(14-17)31-3/h6,8-11,14-15,22,28H,7,12-13H2,1-5H3/b23-21+/t22-/m1/s1. The molecule has 33 heavy (non-hydrogen) atoms. The van der Waals surface area contributed by atoms with E-state index in [-0.39, 0.29) is 11.3 Å². The molecule has 8 heteroatoms. The number of ether oxygens (including phenoxy) is 3. The Morgan fingerprint density at radius 3 is 2.36 bits per heavy atom. The SMILES string of the molecule is COc1cccc(/C(O)=C2\C(=O)C(=O)N(CCCN(C)C)[C@@H]2c2ccc(OC)c(OC)c2)c1. The van der Waals surface area contributed by atoms with E-state index in [0.29, 0.717) is 41.3 Å². The largest absolute Gasteiger partial charge is 0.507 e. The number of methoxy groups -OCH3 is 3. The van der Waals surface area contributed by atoms with Crippen LogP contribution < -0.4 is 14.2 Å². The molecule has 1 aliphatic heterocycles. The number of hydrogen-bond donors (Lipinski definition) is 1. The van der Waals surface area contributed by atoms with Gasteiger partial charge in [0.2, 0.25) is 0 Å². The molecular weight excluding hydrogens is 424 g/mol. The van der Waals surface area contributed by atoms with Crippen molar-refractivity contribution in [1.82, 2.24) is 9.80 Å². The maximum atomic E-state index is 13.1.